The first-order chi connectivity index (χ1) is 8.06. The average molecular weight is 236 g/mol. The summed E-state index contributed by atoms with van der Waals surface area (Å²) in [6, 6.07) is 2.73. The molecule has 1 N–H and O–H groups in total. The molecular weight excluding hydrogens is 220 g/mol. The van der Waals surface area contributed by atoms with Crippen molar-refractivity contribution in [2.75, 3.05) is 7.05 Å². The van der Waals surface area contributed by atoms with Crippen LogP contribution in [-0.4, -0.2) is 40.0 Å². The van der Waals surface area contributed by atoms with Crippen LogP contribution in [0.25, 0.3) is 0 Å². The topological polar surface area (TPSA) is 70.5 Å². The van der Waals surface area contributed by atoms with E-state index in [2.05, 4.69) is 4.98 Å². The summed E-state index contributed by atoms with van der Waals surface area (Å²) in [5, 5.41) is 8.95. The van der Waals surface area contributed by atoms with Crippen molar-refractivity contribution < 1.29 is 14.7 Å². The van der Waals surface area contributed by atoms with Crippen LogP contribution in [-0.2, 0) is 16.0 Å². The molecular formula is C12H16N2O3. The van der Waals surface area contributed by atoms with Crippen LogP contribution in [0.4, 0.5) is 0 Å². The quantitative estimate of drug-likeness (QED) is 0.826. The number of aromatic nitrogens is 1. The van der Waals surface area contributed by atoms with Gasteiger partial charge in [-0.2, -0.15) is 0 Å². The molecule has 5 nitrogen and oxygen atoms in total. The number of hydrogen-bond acceptors (Lipinski definition) is 3. The summed E-state index contributed by atoms with van der Waals surface area (Å²) in [7, 11) is 1.52. The molecule has 1 unspecified atom stereocenters. The van der Waals surface area contributed by atoms with E-state index in [1.54, 1.807) is 31.5 Å². The Hall–Kier alpha value is -1.91. The highest BCUT2D eigenvalue weighted by Gasteiger charge is 2.24. The molecule has 5 heteroatoms. The number of amides is 1. The molecule has 0 aliphatic rings. The minimum atomic E-state index is -0.974. The molecule has 1 aromatic heterocycles. The average Bonchev–Trinajstić information content (AvgIpc) is 2.30. The summed E-state index contributed by atoms with van der Waals surface area (Å²) < 4.78 is 0. The number of pyridine rings is 1. The van der Waals surface area contributed by atoms with Gasteiger partial charge in [0.2, 0.25) is 5.91 Å². The van der Waals surface area contributed by atoms with Crippen molar-refractivity contribution in [3.63, 3.8) is 0 Å². The Morgan fingerprint density at radius 2 is 2.00 bits per heavy atom. The van der Waals surface area contributed by atoms with E-state index in [4.69, 9.17) is 5.11 Å². The Balaban J connectivity index is 2.67. The van der Waals surface area contributed by atoms with Crippen LogP contribution >= 0.6 is 0 Å². The van der Waals surface area contributed by atoms with Crippen molar-refractivity contribution in [1.29, 1.82) is 0 Å². The van der Waals surface area contributed by atoms with Crippen molar-refractivity contribution >= 4 is 11.9 Å². The lowest BCUT2D eigenvalue weighted by atomic mass is 10.1. The second-order valence-electron chi connectivity index (χ2n) is 3.80. The molecule has 0 aromatic carbocycles. The predicted octanol–water partition coefficient (Wildman–Crippen LogP) is 0.946. The Morgan fingerprint density at radius 1 is 1.41 bits per heavy atom. The van der Waals surface area contributed by atoms with E-state index < -0.39 is 12.0 Å². The van der Waals surface area contributed by atoms with Gasteiger partial charge in [-0.05, 0) is 24.1 Å². The van der Waals surface area contributed by atoms with Crippen LogP contribution in [0.1, 0.15) is 18.9 Å². The first-order valence-electron chi connectivity index (χ1n) is 5.43. The molecule has 0 aliphatic carbocycles. The third kappa shape index (κ3) is 3.55. The number of carboxylic acids is 1. The van der Waals surface area contributed by atoms with Crippen LogP contribution in [0.3, 0.4) is 0 Å². The Labute approximate surface area is 100 Å². The van der Waals surface area contributed by atoms with Gasteiger partial charge < -0.3 is 10.0 Å². The second kappa shape index (κ2) is 5.98. The maximum absolute atomic E-state index is 11.9. The van der Waals surface area contributed by atoms with Gasteiger partial charge in [0.05, 0.1) is 6.42 Å². The predicted molar refractivity (Wildman–Crippen MR) is 62.4 cm³/mol. The van der Waals surface area contributed by atoms with E-state index in [1.165, 1.54) is 11.9 Å². The molecule has 0 fully saturated rings. The molecule has 1 aromatic rings. The third-order valence-electron chi connectivity index (χ3n) is 2.64. The number of rotatable bonds is 5. The zero-order chi connectivity index (χ0) is 12.8. The highest BCUT2D eigenvalue weighted by atomic mass is 16.4. The maximum Gasteiger partial charge on any atom is 0.326 e. The zero-order valence-corrected chi connectivity index (χ0v) is 9.96. The van der Waals surface area contributed by atoms with Gasteiger partial charge >= 0.3 is 5.97 Å². The highest BCUT2D eigenvalue weighted by molar-refractivity contribution is 5.84. The van der Waals surface area contributed by atoms with E-state index in [0.29, 0.717) is 6.42 Å². The summed E-state index contributed by atoms with van der Waals surface area (Å²) in [5.41, 5.74) is 0.831. The first-order valence-corrected chi connectivity index (χ1v) is 5.43. The summed E-state index contributed by atoms with van der Waals surface area (Å²) in [5.74, 6) is -1.18. The fourth-order valence-electron chi connectivity index (χ4n) is 1.59. The third-order valence-corrected chi connectivity index (χ3v) is 2.64. The van der Waals surface area contributed by atoms with E-state index in [9.17, 15) is 9.59 Å². The monoisotopic (exact) mass is 236 g/mol. The summed E-state index contributed by atoms with van der Waals surface area (Å²) in [4.78, 5) is 27.9. The molecule has 0 spiro atoms. The smallest absolute Gasteiger partial charge is 0.326 e. The number of carbonyl (C=O) groups is 2. The maximum atomic E-state index is 11.9. The van der Waals surface area contributed by atoms with Crippen molar-refractivity contribution in [2.45, 2.75) is 25.8 Å². The highest BCUT2D eigenvalue weighted by Crippen LogP contribution is 2.06. The molecule has 1 rings (SSSR count). The van der Waals surface area contributed by atoms with Crippen LogP contribution in [0.2, 0.25) is 0 Å². The Bertz CT molecular complexity index is 392. The lowest BCUT2D eigenvalue weighted by molar-refractivity contribution is -0.148. The normalized spacial score (nSPS) is 11.9. The van der Waals surface area contributed by atoms with E-state index in [1.807, 2.05) is 0 Å². The van der Waals surface area contributed by atoms with Crippen molar-refractivity contribution in [1.82, 2.24) is 9.88 Å². The van der Waals surface area contributed by atoms with Gasteiger partial charge in [-0.3, -0.25) is 9.78 Å². The lowest BCUT2D eigenvalue weighted by Crippen LogP contribution is -2.42. The SMILES string of the molecule is CCC(C(=O)O)N(C)C(=O)Cc1ccncc1. The number of carbonyl (C=O) groups excluding carboxylic acids is 1. The summed E-state index contributed by atoms with van der Waals surface area (Å²) in [6.07, 6.45) is 3.81. The van der Waals surface area contributed by atoms with Gasteiger partial charge in [0.25, 0.3) is 0 Å². The van der Waals surface area contributed by atoms with Gasteiger partial charge in [0.15, 0.2) is 0 Å². The molecule has 1 amide bonds. The standard InChI is InChI=1S/C12H16N2O3/c1-3-10(12(16)17)14(2)11(15)8-9-4-6-13-7-5-9/h4-7,10H,3,8H2,1-2H3,(H,16,17). The van der Waals surface area contributed by atoms with E-state index in [-0.39, 0.29) is 12.3 Å². The Kier molecular flexibility index (Phi) is 4.63. The molecule has 1 heterocycles. The summed E-state index contributed by atoms with van der Waals surface area (Å²) in [6.45, 7) is 1.75. The molecule has 1 atom stereocenters. The van der Waals surface area contributed by atoms with Crippen molar-refractivity contribution in [3.8, 4) is 0 Å². The number of carboxylic acid groups (broad SMARTS) is 1. The molecule has 0 radical (unpaired) electrons. The van der Waals surface area contributed by atoms with Crippen LogP contribution in [0.15, 0.2) is 24.5 Å². The number of aliphatic carboxylic acids is 1. The lowest BCUT2D eigenvalue weighted by Gasteiger charge is -2.23. The van der Waals surface area contributed by atoms with Crippen LogP contribution in [0, 0.1) is 0 Å². The van der Waals surface area contributed by atoms with Gasteiger partial charge in [-0.15, -0.1) is 0 Å². The van der Waals surface area contributed by atoms with Crippen LogP contribution < -0.4 is 0 Å². The largest absolute Gasteiger partial charge is 0.480 e. The van der Waals surface area contributed by atoms with Crippen molar-refractivity contribution in [3.05, 3.63) is 30.1 Å². The van der Waals surface area contributed by atoms with Crippen molar-refractivity contribution in [2.24, 2.45) is 0 Å². The number of hydrogen-bond donors (Lipinski definition) is 1. The van der Waals surface area contributed by atoms with Gasteiger partial charge in [0.1, 0.15) is 6.04 Å². The molecule has 92 valence electrons. The fourth-order valence-corrected chi connectivity index (χ4v) is 1.59. The molecule has 0 saturated heterocycles. The van der Waals surface area contributed by atoms with Gasteiger partial charge in [-0.25, -0.2) is 4.79 Å². The first kappa shape index (κ1) is 13.2. The van der Waals surface area contributed by atoms with Gasteiger partial charge in [0, 0.05) is 19.4 Å². The Morgan fingerprint density at radius 3 is 2.47 bits per heavy atom. The fraction of sp³-hybridized carbons (Fsp3) is 0.417. The second-order valence-corrected chi connectivity index (χ2v) is 3.80. The number of likely N-dealkylation sites (N-methyl/N-ethyl adjacent to an activating group) is 1. The minimum Gasteiger partial charge on any atom is -0.480 e. The van der Waals surface area contributed by atoms with Crippen LogP contribution in [0.5, 0.6) is 0 Å². The number of nitrogens with zero attached hydrogens (tertiary/aromatic N) is 2. The zero-order valence-electron chi connectivity index (χ0n) is 9.96. The minimum absolute atomic E-state index is 0.197. The molecule has 17 heavy (non-hydrogen) atoms. The molecule has 0 aliphatic heterocycles. The van der Waals surface area contributed by atoms with E-state index in [0.717, 1.165) is 5.56 Å². The molecule has 0 bridgehead atoms. The van der Waals surface area contributed by atoms with E-state index >= 15 is 0 Å². The van der Waals surface area contributed by atoms with Gasteiger partial charge in [-0.1, -0.05) is 6.92 Å². The summed E-state index contributed by atoms with van der Waals surface area (Å²) >= 11 is 0. The molecule has 0 saturated carbocycles.